The number of nitrogens with zero attached hydrogens (tertiary/aromatic N) is 1. The lowest BCUT2D eigenvalue weighted by molar-refractivity contribution is -0.231. The molecule has 2 aromatic rings. The number of ether oxygens (including phenoxy) is 1. The molecule has 1 fully saturated rings. The number of thiazole rings is 1. The minimum absolute atomic E-state index is 0.265. The lowest BCUT2D eigenvalue weighted by Gasteiger charge is -2.40. The van der Waals surface area contributed by atoms with Crippen LogP contribution in [0.3, 0.4) is 0 Å². The highest BCUT2D eigenvalue weighted by molar-refractivity contribution is 7.11. The van der Waals surface area contributed by atoms with E-state index in [2.05, 4.69) is 11.9 Å². The summed E-state index contributed by atoms with van der Waals surface area (Å²) in [4.78, 5) is 5.56. The van der Waals surface area contributed by atoms with E-state index in [-0.39, 0.29) is 5.02 Å². The zero-order valence-electron chi connectivity index (χ0n) is 14.5. The minimum atomic E-state index is -1.47. The number of halogens is 2. The van der Waals surface area contributed by atoms with Crippen molar-refractivity contribution in [1.82, 2.24) is 4.98 Å². The van der Waals surface area contributed by atoms with E-state index in [1.54, 1.807) is 23.5 Å². The van der Waals surface area contributed by atoms with Crippen LogP contribution >= 0.6 is 34.5 Å². The van der Waals surface area contributed by atoms with E-state index in [1.165, 1.54) is 4.88 Å². The van der Waals surface area contributed by atoms with Crippen LogP contribution in [0.1, 0.15) is 34.0 Å². The van der Waals surface area contributed by atoms with Gasteiger partial charge < -0.3 is 25.2 Å². The summed E-state index contributed by atoms with van der Waals surface area (Å²) in [5.74, 6) is 0. The summed E-state index contributed by atoms with van der Waals surface area (Å²) in [5, 5.41) is 41.4. The van der Waals surface area contributed by atoms with Gasteiger partial charge in [0.05, 0.1) is 11.6 Å². The molecule has 4 N–H and O–H groups in total. The number of rotatable bonds is 5. The summed E-state index contributed by atoms with van der Waals surface area (Å²) in [5.41, 5.74) is 1.19. The number of aliphatic hydroxyl groups is 4. The highest BCUT2D eigenvalue weighted by Gasteiger charge is 2.44. The topological polar surface area (TPSA) is 103 Å². The molecule has 2 heterocycles. The predicted molar refractivity (Wildman–Crippen MR) is 103 cm³/mol. The first kappa shape index (κ1) is 21.0. The molecule has 1 aromatic heterocycles. The SMILES string of the molecule is CCc1cnc(Cc2cc([C@@H]3O[C@H](CO)[C@@H](O)[C@H](O)[C@H]3O)c(Cl)cc2Cl)s1. The van der Waals surface area contributed by atoms with Crippen molar-refractivity contribution in [2.24, 2.45) is 0 Å². The van der Waals surface area contributed by atoms with Crippen molar-refractivity contribution in [3.63, 3.8) is 0 Å². The van der Waals surface area contributed by atoms with Crippen LogP contribution in [0.15, 0.2) is 18.3 Å². The fraction of sp³-hybridized carbons (Fsp3) is 0.500. The molecule has 1 aliphatic rings. The number of hydrogen-bond acceptors (Lipinski definition) is 7. The van der Waals surface area contributed by atoms with Crippen LogP contribution in [0.25, 0.3) is 0 Å². The smallest absolute Gasteiger partial charge is 0.113 e. The van der Waals surface area contributed by atoms with Gasteiger partial charge in [-0.15, -0.1) is 11.3 Å². The van der Waals surface area contributed by atoms with Crippen molar-refractivity contribution in [2.45, 2.75) is 50.3 Å². The first-order valence-corrected chi connectivity index (χ1v) is 10.1. The molecule has 9 heteroatoms. The van der Waals surface area contributed by atoms with E-state index in [0.29, 0.717) is 17.0 Å². The second-order valence-corrected chi connectivity index (χ2v) is 8.48. The molecule has 5 atom stereocenters. The van der Waals surface area contributed by atoms with Crippen molar-refractivity contribution >= 4 is 34.5 Å². The molecule has 0 aliphatic carbocycles. The van der Waals surface area contributed by atoms with Gasteiger partial charge in [-0.2, -0.15) is 0 Å². The minimum Gasteiger partial charge on any atom is -0.394 e. The van der Waals surface area contributed by atoms with Crippen LogP contribution in [0, 0.1) is 0 Å². The lowest BCUT2D eigenvalue weighted by Crippen LogP contribution is -2.55. The fourth-order valence-electron chi connectivity index (χ4n) is 3.08. The fourth-order valence-corrected chi connectivity index (χ4v) is 4.52. The van der Waals surface area contributed by atoms with Crippen LogP contribution in [-0.2, 0) is 17.6 Å². The second kappa shape index (κ2) is 8.71. The molecule has 3 rings (SSSR count). The second-order valence-electron chi connectivity index (χ2n) is 6.47. The Morgan fingerprint density at radius 2 is 1.85 bits per heavy atom. The third kappa shape index (κ3) is 4.31. The first-order valence-electron chi connectivity index (χ1n) is 8.57. The molecular formula is C18H21Cl2NO5S. The van der Waals surface area contributed by atoms with Crippen LogP contribution in [0.5, 0.6) is 0 Å². The zero-order valence-corrected chi connectivity index (χ0v) is 16.9. The molecule has 0 saturated carbocycles. The maximum atomic E-state index is 10.4. The molecule has 1 aromatic carbocycles. The number of benzene rings is 1. The van der Waals surface area contributed by atoms with E-state index >= 15 is 0 Å². The van der Waals surface area contributed by atoms with Gasteiger partial charge in [-0.25, -0.2) is 4.98 Å². The van der Waals surface area contributed by atoms with Gasteiger partial charge in [-0.05, 0) is 24.1 Å². The Kier molecular flexibility index (Phi) is 6.76. The molecule has 0 radical (unpaired) electrons. The van der Waals surface area contributed by atoms with E-state index in [0.717, 1.165) is 17.0 Å². The molecular weight excluding hydrogens is 413 g/mol. The molecule has 1 aliphatic heterocycles. The summed E-state index contributed by atoms with van der Waals surface area (Å²) in [6, 6.07) is 3.27. The summed E-state index contributed by atoms with van der Waals surface area (Å²) in [6.45, 7) is 1.56. The van der Waals surface area contributed by atoms with Gasteiger partial charge >= 0.3 is 0 Å². The third-order valence-electron chi connectivity index (χ3n) is 4.66. The summed E-state index contributed by atoms with van der Waals surface area (Å²) < 4.78 is 5.61. The quantitative estimate of drug-likeness (QED) is 0.575. The number of aliphatic hydroxyl groups excluding tert-OH is 4. The van der Waals surface area contributed by atoms with Crippen molar-refractivity contribution in [1.29, 1.82) is 0 Å². The average Bonchev–Trinajstić information content (AvgIpc) is 3.10. The molecule has 27 heavy (non-hydrogen) atoms. The highest BCUT2D eigenvalue weighted by atomic mass is 35.5. The van der Waals surface area contributed by atoms with Gasteiger partial charge in [0.25, 0.3) is 0 Å². The van der Waals surface area contributed by atoms with Crippen LogP contribution in [0.4, 0.5) is 0 Å². The number of hydrogen-bond donors (Lipinski definition) is 4. The van der Waals surface area contributed by atoms with E-state index in [1.807, 2.05) is 6.20 Å². The summed E-state index contributed by atoms with van der Waals surface area (Å²) in [6.07, 6.45) is -3.07. The molecule has 148 valence electrons. The van der Waals surface area contributed by atoms with Gasteiger partial charge in [0, 0.05) is 33.1 Å². The van der Waals surface area contributed by atoms with E-state index < -0.39 is 37.1 Å². The highest BCUT2D eigenvalue weighted by Crippen LogP contribution is 2.38. The predicted octanol–water partition coefficient (Wildman–Crippen LogP) is 2.12. The molecule has 0 spiro atoms. The Labute approximate surface area is 171 Å². The molecule has 1 saturated heterocycles. The summed E-state index contributed by atoms with van der Waals surface area (Å²) in [7, 11) is 0. The molecule has 0 amide bonds. The number of aromatic nitrogens is 1. The van der Waals surface area contributed by atoms with Crippen molar-refractivity contribution in [2.75, 3.05) is 6.61 Å². The Morgan fingerprint density at radius 3 is 2.48 bits per heavy atom. The van der Waals surface area contributed by atoms with Gasteiger partial charge in [-0.3, -0.25) is 0 Å². The summed E-state index contributed by atoms with van der Waals surface area (Å²) >= 11 is 14.2. The van der Waals surface area contributed by atoms with Crippen LogP contribution in [0.2, 0.25) is 10.0 Å². The molecule has 6 nitrogen and oxygen atoms in total. The molecule has 0 bridgehead atoms. The van der Waals surface area contributed by atoms with Gasteiger partial charge in [0.2, 0.25) is 0 Å². The average molecular weight is 434 g/mol. The maximum Gasteiger partial charge on any atom is 0.113 e. The Bertz CT molecular complexity index is 800. The van der Waals surface area contributed by atoms with Crippen molar-refractivity contribution in [3.05, 3.63) is 49.4 Å². The zero-order chi connectivity index (χ0) is 19.7. The third-order valence-corrected chi connectivity index (χ3v) is 6.48. The van der Waals surface area contributed by atoms with Crippen LogP contribution in [-0.4, -0.2) is 56.4 Å². The largest absolute Gasteiger partial charge is 0.394 e. The Balaban J connectivity index is 1.93. The molecule has 0 unspecified atom stereocenters. The van der Waals surface area contributed by atoms with Crippen molar-refractivity contribution < 1.29 is 25.2 Å². The first-order chi connectivity index (χ1) is 12.8. The number of aryl methyl sites for hydroxylation is 1. The van der Waals surface area contributed by atoms with E-state index in [4.69, 9.17) is 27.9 Å². The lowest BCUT2D eigenvalue weighted by atomic mass is 9.90. The maximum absolute atomic E-state index is 10.4. The Hall–Kier alpha value is -0.770. The van der Waals surface area contributed by atoms with Gasteiger partial charge in [-0.1, -0.05) is 30.1 Å². The van der Waals surface area contributed by atoms with Crippen LogP contribution < -0.4 is 0 Å². The van der Waals surface area contributed by atoms with Gasteiger partial charge in [0.1, 0.15) is 30.5 Å². The standard InChI is InChI=1S/C18H21Cl2NO5S/c1-2-9-6-21-14(27-9)4-8-3-10(12(20)5-11(8)19)18-17(25)16(24)15(23)13(7-22)26-18/h3,5-6,13,15-18,22-25H,2,4,7H2,1H3/t13-,15-,16+,17-,18+/m1/s1. The van der Waals surface area contributed by atoms with E-state index in [9.17, 15) is 20.4 Å². The monoisotopic (exact) mass is 433 g/mol. The Morgan fingerprint density at radius 1 is 1.11 bits per heavy atom. The normalized spacial score (nSPS) is 28.5. The van der Waals surface area contributed by atoms with Gasteiger partial charge in [0.15, 0.2) is 0 Å². The van der Waals surface area contributed by atoms with Crippen molar-refractivity contribution in [3.8, 4) is 0 Å².